The topological polar surface area (TPSA) is 29.3 Å². The summed E-state index contributed by atoms with van der Waals surface area (Å²) >= 11 is 0. The van der Waals surface area contributed by atoms with E-state index in [-0.39, 0.29) is 35.1 Å². The first-order valence-electron chi connectivity index (χ1n) is 38.1. The molecule has 6 heterocycles. The fourth-order valence-electron chi connectivity index (χ4n) is 17.7. The molecule has 0 aliphatic carbocycles. The van der Waals surface area contributed by atoms with Gasteiger partial charge in [0.15, 0.2) is 11.5 Å². The largest absolute Gasteiger partial charge is 0.452 e. The van der Waals surface area contributed by atoms with Gasteiger partial charge in [-0.3, -0.25) is 0 Å². The summed E-state index contributed by atoms with van der Waals surface area (Å²) in [5.74, 6) is 1.60. The van der Waals surface area contributed by atoms with Crippen molar-refractivity contribution in [3.63, 3.8) is 0 Å². The third-order valence-electron chi connectivity index (χ3n) is 23.1. The molecule has 13 aromatic carbocycles. The number of anilines is 15. The molecule has 0 N–H and O–H groups in total. The van der Waals surface area contributed by atoms with E-state index in [0.29, 0.717) is 0 Å². The smallest absolute Gasteiger partial charge is 0.252 e. The summed E-state index contributed by atoms with van der Waals surface area (Å²) in [6, 6.07) is 110. The van der Waals surface area contributed by atoms with Crippen molar-refractivity contribution in [1.29, 1.82) is 0 Å². The van der Waals surface area contributed by atoms with Crippen LogP contribution in [0.4, 0.5) is 85.3 Å². The molecule has 520 valence electrons. The number of hydrogen-bond acceptors (Lipinski definition) is 6. The maximum Gasteiger partial charge on any atom is 0.252 e. The number of fused-ring (bicyclic) bond motifs is 11. The summed E-state index contributed by atoms with van der Waals surface area (Å²) in [6.07, 6.45) is 0. The van der Waals surface area contributed by atoms with E-state index in [1.807, 2.05) is 0 Å². The Morgan fingerprint density at radius 2 is 0.607 bits per heavy atom. The summed E-state index contributed by atoms with van der Waals surface area (Å²) in [6.45, 7) is 30.1. The van der Waals surface area contributed by atoms with Crippen molar-refractivity contribution < 1.29 is 4.42 Å². The van der Waals surface area contributed by atoms with Crippen LogP contribution in [-0.4, -0.2) is 13.4 Å². The number of nitrogens with zero attached hydrogens (tertiary/aromatic N) is 5. The molecule has 0 radical (unpaired) electrons. The molecule has 0 fully saturated rings. The van der Waals surface area contributed by atoms with E-state index in [1.54, 1.807) is 0 Å². The molecule has 14 aromatic rings. The fraction of sp³-hybridized carbons (Fsp3) is 0.172. The third-order valence-corrected chi connectivity index (χ3v) is 23.1. The lowest BCUT2D eigenvalue weighted by atomic mass is 9.30. The zero-order valence-corrected chi connectivity index (χ0v) is 63.5. The second kappa shape index (κ2) is 24.2. The van der Waals surface area contributed by atoms with Gasteiger partial charge in [0.05, 0.1) is 17.1 Å². The normalized spacial score (nSPS) is 13.7. The SMILES string of the molecule is Cc1cc2c3c(c1)N1c4c(ccc5c4N(c4cc(N(c6ccccc6)c6ccccc6)cc6c4B5c4ccc(-c5ccccc5)cc4N6c4cc(C(C)(C)C)cc(C(C)(C)C)c4)c4c(-c5ccccc5)oc(-c5ccccc5)c41)B3c1cc(-c3ccccc3)ccc1N2c1cc(C(C)(C)C)cc(C(C)(C)C)c1. The van der Waals surface area contributed by atoms with E-state index >= 15 is 0 Å². The molecular weight excluding hydrogens is 1300 g/mol. The van der Waals surface area contributed by atoms with Gasteiger partial charge in [-0.05, 0) is 196 Å². The summed E-state index contributed by atoms with van der Waals surface area (Å²) in [7, 11) is 0. The molecule has 0 saturated carbocycles. The summed E-state index contributed by atoms with van der Waals surface area (Å²) in [5, 5.41) is 0. The van der Waals surface area contributed by atoms with Gasteiger partial charge in [-0.1, -0.05) is 289 Å². The lowest BCUT2D eigenvalue weighted by molar-refractivity contribution is 0.568. The highest BCUT2D eigenvalue weighted by Gasteiger charge is 2.55. The second-order valence-electron chi connectivity index (χ2n) is 34.3. The van der Waals surface area contributed by atoms with Gasteiger partial charge >= 0.3 is 0 Å². The molecule has 8 heteroatoms. The number of aryl methyl sites for hydroxylation is 1. The van der Waals surface area contributed by atoms with E-state index in [2.05, 4.69) is 406 Å². The Balaban J connectivity index is 0.989. The first-order valence-corrected chi connectivity index (χ1v) is 38.1. The van der Waals surface area contributed by atoms with Crippen LogP contribution in [-0.2, 0) is 21.7 Å². The standard InChI is InChI=1S/C99H87B2N5O/c1-62-50-84-88-85(51-62)105-91-80(101(88)81-52-67(63-32-20-14-21-33-63)45-49-82(81)103(84)75-56-69(96(2,3)4)54-70(57-75)97(5,6)7)48-47-79-90(91)106(93-92(105)94(65-36-24-16-25-37-65)107-95(93)66-38-26-17-27-39-66)87-61-77(102(73-40-28-18-29-41-73)74-42-30-19-31-43-74)60-86-89(87)100(79)78-46-44-68(64-34-22-15-23-35-64)53-83(78)104(86)76-58-71(98(8,9)10)55-72(59-76)99(11,12)13/h14-61H,1-13H3. The maximum atomic E-state index is 8.01. The summed E-state index contributed by atoms with van der Waals surface area (Å²) < 4.78 is 8.01. The van der Waals surface area contributed by atoms with Crippen molar-refractivity contribution in [3.05, 3.63) is 319 Å². The lowest BCUT2D eigenvalue weighted by Crippen LogP contribution is -2.65. The number of para-hydroxylation sites is 2. The van der Waals surface area contributed by atoms with Gasteiger partial charge < -0.3 is 28.9 Å². The minimum atomic E-state index is -0.249. The van der Waals surface area contributed by atoms with Gasteiger partial charge in [0, 0.05) is 68.0 Å². The van der Waals surface area contributed by atoms with E-state index < -0.39 is 0 Å². The van der Waals surface area contributed by atoms with Crippen LogP contribution in [0.5, 0.6) is 0 Å². The predicted molar refractivity (Wildman–Crippen MR) is 456 cm³/mol. The number of rotatable bonds is 9. The molecule has 107 heavy (non-hydrogen) atoms. The highest BCUT2D eigenvalue weighted by Crippen LogP contribution is 2.64. The quantitative estimate of drug-likeness (QED) is 0.134. The van der Waals surface area contributed by atoms with Gasteiger partial charge in [-0.25, -0.2) is 0 Å². The monoisotopic (exact) mass is 1380 g/mol. The van der Waals surface area contributed by atoms with Gasteiger partial charge in [0.2, 0.25) is 0 Å². The molecule has 1 aromatic heterocycles. The van der Waals surface area contributed by atoms with Crippen molar-refractivity contribution in [2.75, 3.05) is 24.5 Å². The van der Waals surface area contributed by atoms with Crippen LogP contribution in [0.25, 0.3) is 44.9 Å². The molecule has 5 aliphatic heterocycles. The van der Waals surface area contributed by atoms with Gasteiger partial charge in [0.25, 0.3) is 13.4 Å². The molecule has 0 bridgehead atoms. The van der Waals surface area contributed by atoms with Crippen molar-refractivity contribution >= 4 is 132 Å². The number of furan rings is 1. The summed E-state index contributed by atoms with van der Waals surface area (Å²) in [5.41, 5.74) is 36.5. The molecule has 0 saturated heterocycles. The van der Waals surface area contributed by atoms with Gasteiger partial charge in [0.1, 0.15) is 11.4 Å². The van der Waals surface area contributed by atoms with Crippen LogP contribution in [0.3, 0.4) is 0 Å². The van der Waals surface area contributed by atoms with Crippen LogP contribution in [0.15, 0.2) is 296 Å². The molecule has 0 atom stereocenters. The van der Waals surface area contributed by atoms with Crippen LogP contribution in [0, 0.1) is 6.92 Å². The highest BCUT2D eigenvalue weighted by molar-refractivity contribution is 7.03. The average molecular weight is 1380 g/mol. The average Bonchev–Trinajstić information content (AvgIpc) is 1.66. The maximum absolute atomic E-state index is 8.01. The third kappa shape index (κ3) is 10.6. The summed E-state index contributed by atoms with van der Waals surface area (Å²) in [4.78, 5) is 13.1. The Hall–Kier alpha value is -11.7. The minimum Gasteiger partial charge on any atom is -0.452 e. The van der Waals surface area contributed by atoms with Gasteiger partial charge in [-0.15, -0.1) is 0 Å². The highest BCUT2D eigenvalue weighted by atomic mass is 16.3. The van der Waals surface area contributed by atoms with E-state index in [1.165, 1.54) is 88.7 Å². The molecule has 6 nitrogen and oxygen atoms in total. The lowest BCUT2D eigenvalue weighted by Gasteiger charge is -2.52. The molecule has 0 spiro atoms. The van der Waals surface area contributed by atoms with Crippen molar-refractivity contribution in [1.82, 2.24) is 0 Å². The fourth-order valence-corrected chi connectivity index (χ4v) is 17.7. The molecular formula is C99H87B2N5O. The van der Waals surface area contributed by atoms with E-state index in [4.69, 9.17) is 4.42 Å². The Bertz CT molecular complexity index is 5800. The Kier molecular flexibility index (Phi) is 14.9. The van der Waals surface area contributed by atoms with Crippen molar-refractivity contribution in [2.45, 2.75) is 112 Å². The first kappa shape index (κ1) is 66.0. The number of hydrogen-bond donors (Lipinski definition) is 0. The van der Waals surface area contributed by atoms with Crippen LogP contribution >= 0.6 is 0 Å². The molecule has 5 aliphatic rings. The van der Waals surface area contributed by atoms with Crippen LogP contribution < -0.4 is 57.3 Å². The van der Waals surface area contributed by atoms with Crippen molar-refractivity contribution in [3.8, 4) is 44.9 Å². The van der Waals surface area contributed by atoms with Gasteiger partial charge in [-0.2, -0.15) is 0 Å². The molecule has 0 amide bonds. The van der Waals surface area contributed by atoms with Crippen LogP contribution in [0.2, 0.25) is 0 Å². The van der Waals surface area contributed by atoms with E-state index in [9.17, 15) is 0 Å². The molecule has 19 rings (SSSR count). The molecule has 0 unspecified atom stereocenters. The zero-order chi connectivity index (χ0) is 73.3. The van der Waals surface area contributed by atoms with E-state index in [0.717, 1.165) is 102 Å². The Morgan fingerprint density at radius 3 is 1.04 bits per heavy atom. The Labute approximate surface area is 632 Å². The predicted octanol–water partition coefficient (Wildman–Crippen LogP) is 23.4. The first-order chi connectivity index (χ1) is 51.5. The Morgan fingerprint density at radius 1 is 0.262 bits per heavy atom. The van der Waals surface area contributed by atoms with Crippen molar-refractivity contribution in [2.24, 2.45) is 0 Å². The zero-order valence-electron chi connectivity index (χ0n) is 63.5. The number of benzene rings is 13. The minimum absolute atomic E-state index is 0.129. The van der Waals surface area contributed by atoms with Crippen LogP contribution in [0.1, 0.15) is 111 Å². The second-order valence-corrected chi connectivity index (χ2v) is 34.3.